The lowest BCUT2D eigenvalue weighted by atomic mass is 9.94. The van der Waals surface area contributed by atoms with Crippen LogP contribution < -0.4 is 5.56 Å². The Balaban J connectivity index is 1.85. The van der Waals surface area contributed by atoms with E-state index in [2.05, 4.69) is 29.2 Å². The molecule has 0 bridgehead atoms. The van der Waals surface area contributed by atoms with Crippen LogP contribution in [0.15, 0.2) is 41.2 Å². The molecule has 0 atom stereocenters. The van der Waals surface area contributed by atoms with E-state index in [-0.39, 0.29) is 5.56 Å². The molecule has 1 aromatic carbocycles. The van der Waals surface area contributed by atoms with Crippen molar-refractivity contribution in [3.8, 4) is 11.4 Å². The fraction of sp³-hybridized carbons (Fsp3) is 0.250. The first-order chi connectivity index (χ1) is 11.8. The van der Waals surface area contributed by atoms with Crippen LogP contribution in [-0.2, 0) is 24.3 Å². The predicted octanol–water partition coefficient (Wildman–Crippen LogP) is 3.49. The Bertz CT molecular complexity index is 1070. The standard InChI is InChI=1S/C20H18N2O2/c1-2-12-10-24-11-16-15(12)9-18-19-14(7-8-22(18)20(16)23)13-5-3-4-6-17(13)21-19/h2-6,9,21H,7-8,10-11H2,1H3. The molecule has 2 aromatic heterocycles. The molecule has 0 saturated carbocycles. The van der Waals surface area contributed by atoms with Gasteiger partial charge in [0.05, 0.1) is 30.2 Å². The molecule has 2 aliphatic rings. The highest BCUT2D eigenvalue weighted by Crippen LogP contribution is 2.36. The minimum Gasteiger partial charge on any atom is -0.372 e. The topological polar surface area (TPSA) is 47.0 Å². The number of aryl methyl sites for hydroxylation is 1. The van der Waals surface area contributed by atoms with Crippen molar-refractivity contribution in [3.63, 3.8) is 0 Å². The summed E-state index contributed by atoms with van der Waals surface area (Å²) in [7, 11) is 0. The second kappa shape index (κ2) is 4.95. The summed E-state index contributed by atoms with van der Waals surface area (Å²) in [6.45, 7) is 3.71. The van der Waals surface area contributed by atoms with E-state index >= 15 is 0 Å². The summed E-state index contributed by atoms with van der Waals surface area (Å²) in [5, 5.41) is 1.26. The summed E-state index contributed by atoms with van der Waals surface area (Å²) in [6, 6.07) is 10.5. The molecular weight excluding hydrogens is 300 g/mol. The number of ether oxygens (including phenoxy) is 1. The number of rotatable bonds is 0. The van der Waals surface area contributed by atoms with E-state index in [4.69, 9.17) is 4.74 Å². The second-order valence-electron chi connectivity index (χ2n) is 6.46. The molecule has 0 aliphatic carbocycles. The Morgan fingerprint density at radius 3 is 2.96 bits per heavy atom. The molecule has 0 fully saturated rings. The lowest BCUT2D eigenvalue weighted by molar-refractivity contribution is 0.144. The van der Waals surface area contributed by atoms with E-state index in [9.17, 15) is 4.79 Å². The van der Waals surface area contributed by atoms with E-state index in [1.54, 1.807) is 0 Å². The highest BCUT2D eigenvalue weighted by Gasteiger charge is 2.26. The summed E-state index contributed by atoms with van der Waals surface area (Å²) >= 11 is 0. The Morgan fingerprint density at radius 1 is 1.21 bits per heavy atom. The largest absolute Gasteiger partial charge is 0.372 e. The fourth-order valence-corrected chi connectivity index (χ4v) is 4.03. The molecule has 24 heavy (non-hydrogen) atoms. The number of aromatic amines is 1. The summed E-state index contributed by atoms with van der Waals surface area (Å²) < 4.78 is 7.50. The maximum absolute atomic E-state index is 13.0. The smallest absolute Gasteiger partial charge is 0.257 e. The minimum atomic E-state index is 0.0888. The molecule has 120 valence electrons. The minimum absolute atomic E-state index is 0.0888. The van der Waals surface area contributed by atoms with Crippen LogP contribution in [0.5, 0.6) is 0 Å². The van der Waals surface area contributed by atoms with Crippen molar-refractivity contribution >= 4 is 16.5 Å². The molecule has 0 amide bonds. The average molecular weight is 318 g/mol. The third-order valence-corrected chi connectivity index (χ3v) is 5.25. The van der Waals surface area contributed by atoms with E-state index in [0.717, 1.165) is 46.6 Å². The third-order valence-electron chi connectivity index (χ3n) is 5.25. The van der Waals surface area contributed by atoms with Gasteiger partial charge in [-0.15, -0.1) is 0 Å². The van der Waals surface area contributed by atoms with Gasteiger partial charge in [0, 0.05) is 17.4 Å². The van der Waals surface area contributed by atoms with Crippen molar-refractivity contribution in [1.82, 2.24) is 9.55 Å². The molecule has 0 saturated heterocycles. The lowest BCUT2D eigenvalue weighted by Gasteiger charge is -2.25. The van der Waals surface area contributed by atoms with Gasteiger partial charge in [-0.3, -0.25) is 4.79 Å². The first kappa shape index (κ1) is 13.8. The van der Waals surface area contributed by atoms with Gasteiger partial charge >= 0.3 is 0 Å². The number of para-hydroxylation sites is 1. The van der Waals surface area contributed by atoms with Crippen LogP contribution in [0.25, 0.3) is 27.9 Å². The van der Waals surface area contributed by atoms with E-state index in [0.29, 0.717) is 13.2 Å². The molecule has 4 heterocycles. The van der Waals surface area contributed by atoms with Crippen LogP contribution in [0.3, 0.4) is 0 Å². The van der Waals surface area contributed by atoms with Crippen molar-refractivity contribution in [1.29, 1.82) is 0 Å². The fourth-order valence-electron chi connectivity index (χ4n) is 4.03. The highest BCUT2D eigenvalue weighted by molar-refractivity contribution is 5.91. The monoisotopic (exact) mass is 318 g/mol. The molecule has 5 rings (SSSR count). The number of aromatic nitrogens is 2. The molecular formula is C20H18N2O2. The van der Waals surface area contributed by atoms with Gasteiger partial charge in [-0.2, -0.15) is 0 Å². The Labute approximate surface area is 139 Å². The number of fused-ring (bicyclic) bond motifs is 6. The molecule has 4 nitrogen and oxygen atoms in total. The quantitative estimate of drug-likeness (QED) is 0.690. The van der Waals surface area contributed by atoms with Crippen molar-refractivity contribution in [2.45, 2.75) is 26.5 Å². The average Bonchev–Trinajstić information content (AvgIpc) is 3.01. The number of hydrogen-bond donors (Lipinski definition) is 1. The van der Waals surface area contributed by atoms with Crippen LogP contribution in [0.4, 0.5) is 0 Å². The number of hydrogen-bond acceptors (Lipinski definition) is 2. The van der Waals surface area contributed by atoms with Gasteiger partial charge in [0.25, 0.3) is 5.56 Å². The zero-order valence-corrected chi connectivity index (χ0v) is 13.6. The number of nitrogens with one attached hydrogen (secondary N) is 1. The molecule has 0 unspecified atom stereocenters. The first-order valence-electron chi connectivity index (χ1n) is 8.38. The van der Waals surface area contributed by atoms with Crippen molar-refractivity contribution in [3.05, 3.63) is 63.5 Å². The zero-order chi connectivity index (χ0) is 16.3. The van der Waals surface area contributed by atoms with Gasteiger partial charge in [-0.25, -0.2) is 0 Å². The van der Waals surface area contributed by atoms with E-state index in [1.807, 2.05) is 23.6 Å². The van der Waals surface area contributed by atoms with Crippen LogP contribution >= 0.6 is 0 Å². The van der Waals surface area contributed by atoms with E-state index in [1.165, 1.54) is 10.9 Å². The molecule has 3 aromatic rings. The zero-order valence-electron chi connectivity index (χ0n) is 13.6. The van der Waals surface area contributed by atoms with Crippen LogP contribution in [-0.4, -0.2) is 16.2 Å². The SMILES string of the molecule is CC=C1COCc2c1cc1n(c2=O)CCc2c-1[nH]c1ccccc21. The van der Waals surface area contributed by atoms with Crippen LogP contribution in [0.2, 0.25) is 0 Å². The number of benzene rings is 1. The Morgan fingerprint density at radius 2 is 2.08 bits per heavy atom. The summed E-state index contributed by atoms with van der Waals surface area (Å²) in [5.74, 6) is 0. The third kappa shape index (κ3) is 1.74. The molecule has 1 N–H and O–H groups in total. The Hall–Kier alpha value is -2.59. The maximum Gasteiger partial charge on any atom is 0.257 e. The van der Waals surface area contributed by atoms with Gasteiger partial charge in [-0.1, -0.05) is 24.3 Å². The van der Waals surface area contributed by atoms with Crippen LogP contribution in [0.1, 0.15) is 23.6 Å². The normalized spacial score (nSPS) is 17.6. The number of H-pyrrole nitrogens is 1. The molecule has 4 heteroatoms. The predicted molar refractivity (Wildman–Crippen MR) is 95.0 cm³/mol. The van der Waals surface area contributed by atoms with E-state index < -0.39 is 0 Å². The first-order valence-corrected chi connectivity index (χ1v) is 8.38. The Kier molecular flexibility index (Phi) is 2.85. The molecule has 0 spiro atoms. The number of allylic oxidation sites excluding steroid dienone is 1. The summed E-state index contributed by atoms with van der Waals surface area (Å²) in [5.41, 5.74) is 7.56. The molecule has 0 radical (unpaired) electrons. The van der Waals surface area contributed by atoms with Crippen molar-refractivity contribution < 1.29 is 4.74 Å². The lowest BCUT2D eigenvalue weighted by Crippen LogP contribution is -2.32. The summed E-state index contributed by atoms with van der Waals surface area (Å²) in [4.78, 5) is 16.5. The van der Waals surface area contributed by atoms with Crippen molar-refractivity contribution in [2.75, 3.05) is 6.61 Å². The maximum atomic E-state index is 13.0. The van der Waals surface area contributed by atoms with Crippen LogP contribution in [0, 0.1) is 0 Å². The van der Waals surface area contributed by atoms with Gasteiger partial charge in [0.15, 0.2) is 0 Å². The van der Waals surface area contributed by atoms with Gasteiger partial charge in [0.2, 0.25) is 0 Å². The molecule has 2 aliphatic heterocycles. The van der Waals surface area contributed by atoms with Gasteiger partial charge in [0.1, 0.15) is 0 Å². The highest BCUT2D eigenvalue weighted by atomic mass is 16.5. The van der Waals surface area contributed by atoms with Gasteiger partial charge in [-0.05, 0) is 42.2 Å². The number of pyridine rings is 1. The second-order valence-corrected chi connectivity index (χ2v) is 6.46. The summed E-state index contributed by atoms with van der Waals surface area (Å²) in [6.07, 6.45) is 2.92. The number of nitrogens with zero attached hydrogens (tertiary/aromatic N) is 1. The van der Waals surface area contributed by atoms with Crippen molar-refractivity contribution in [2.24, 2.45) is 0 Å². The van der Waals surface area contributed by atoms with Gasteiger partial charge < -0.3 is 14.3 Å².